The highest BCUT2D eigenvalue weighted by atomic mass is 15.2. The summed E-state index contributed by atoms with van der Waals surface area (Å²) in [6.07, 6.45) is 11.9. The van der Waals surface area contributed by atoms with Crippen LogP contribution in [0.1, 0.15) is 6.42 Å². The van der Waals surface area contributed by atoms with Crippen molar-refractivity contribution in [1.29, 1.82) is 0 Å². The first kappa shape index (κ1) is 11.6. The zero-order valence-electron chi connectivity index (χ0n) is 11.3. The van der Waals surface area contributed by atoms with Crippen molar-refractivity contribution in [1.82, 2.24) is 9.97 Å². The Morgan fingerprint density at radius 3 is 2.80 bits per heavy atom. The minimum atomic E-state index is 0.613. The van der Waals surface area contributed by atoms with Crippen LogP contribution in [0.15, 0.2) is 54.9 Å². The summed E-state index contributed by atoms with van der Waals surface area (Å²) in [6, 6.07) is 8.26. The van der Waals surface area contributed by atoms with Crippen molar-refractivity contribution in [3.8, 4) is 0 Å². The van der Waals surface area contributed by atoms with Crippen LogP contribution < -0.4 is 4.90 Å². The van der Waals surface area contributed by atoms with E-state index in [1.165, 1.54) is 6.42 Å². The molecule has 1 aromatic heterocycles. The predicted octanol–water partition coefficient (Wildman–Crippen LogP) is 3.20. The third kappa shape index (κ3) is 1.90. The van der Waals surface area contributed by atoms with Gasteiger partial charge in [0.15, 0.2) is 0 Å². The van der Waals surface area contributed by atoms with Gasteiger partial charge in [0.25, 0.3) is 0 Å². The highest BCUT2D eigenvalue weighted by molar-refractivity contribution is 5.89. The van der Waals surface area contributed by atoms with E-state index in [2.05, 4.69) is 57.4 Å². The van der Waals surface area contributed by atoms with Gasteiger partial charge in [-0.2, -0.15) is 0 Å². The average Bonchev–Trinajstić information content (AvgIpc) is 2.54. The van der Waals surface area contributed by atoms with Gasteiger partial charge in [0.05, 0.1) is 5.52 Å². The number of hydrogen-bond donors (Lipinski definition) is 0. The molecule has 1 aliphatic heterocycles. The number of rotatable bonds is 1. The summed E-state index contributed by atoms with van der Waals surface area (Å²) in [7, 11) is 0. The van der Waals surface area contributed by atoms with Gasteiger partial charge in [-0.05, 0) is 24.5 Å². The fourth-order valence-electron chi connectivity index (χ4n) is 3.29. The second-order valence-electron chi connectivity index (χ2n) is 5.55. The van der Waals surface area contributed by atoms with E-state index in [4.69, 9.17) is 0 Å². The monoisotopic (exact) mass is 263 g/mol. The molecule has 0 N–H and O–H groups in total. The Hall–Kier alpha value is -2.16. The molecule has 2 aromatic rings. The van der Waals surface area contributed by atoms with Gasteiger partial charge in [-0.1, -0.05) is 36.4 Å². The molecule has 2 atom stereocenters. The van der Waals surface area contributed by atoms with E-state index in [0.717, 1.165) is 29.8 Å². The van der Waals surface area contributed by atoms with Gasteiger partial charge >= 0.3 is 0 Å². The lowest BCUT2D eigenvalue weighted by molar-refractivity contribution is 0.387. The Kier molecular flexibility index (Phi) is 2.76. The maximum absolute atomic E-state index is 4.54. The normalized spacial score (nSPS) is 24.9. The Morgan fingerprint density at radius 1 is 1.00 bits per heavy atom. The Morgan fingerprint density at radius 2 is 1.85 bits per heavy atom. The summed E-state index contributed by atoms with van der Waals surface area (Å²) < 4.78 is 0. The van der Waals surface area contributed by atoms with Crippen LogP contribution in [0.3, 0.4) is 0 Å². The molecular formula is C17H17N3. The van der Waals surface area contributed by atoms with Crippen molar-refractivity contribution in [2.24, 2.45) is 11.8 Å². The van der Waals surface area contributed by atoms with Crippen LogP contribution in [-0.2, 0) is 0 Å². The van der Waals surface area contributed by atoms with E-state index >= 15 is 0 Å². The van der Waals surface area contributed by atoms with Crippen LogP contribution in [-0.4, -0.2) is 23.1 Å². The summed E-state index contributed by atoms with van der Waals surface area (Å²) in [4.78, 5) is 11.3. The molecule has 1 aliphatic carbocycles. The lowest BCUT2D eigenvalue weighted by atomic mass is 9.82. The van der Waals surface area contributed by atoms with Gasteiger partial charge in [-0.15, -0.1) is 0 Å². The van der Waals surface area contributed by atoms with Crippen molar-refractivity contribution in [2.75, 3.05) is 18.0 Å². The molecule has 4 rings (SSSR count). The van der Waals surface area contributed by atoms with Crippen molar-refractivity contribution < 1.29 is 0 Å². The number of nitrogens with zero attached hydrogens (tertiary/aromatic N) is 3. The smallest absolute Gasteiger partial charge is 0.139 e. The second-order valence-corrected chi connectivity index (χ2v) is 5.55. The Labute approximate surface area is 118 Å². The van der Waals surface area contributed by atoms with E-state index in [1.807, 2.05) is 6.07 Å². The summed E-state index contributed by atoms with van der Waals surface area (Å²) in [6.45, 7) is 2.12. The fourth-order valence-corrected chi connectivity index (χ4v) is 3.29. The molecule has 2 unspecified atom stereocenters. The molecule has 1 aromatic carbocycles. The van der Waals surface area contributed by atoms with Crippen LogP contribution >= 0.6 is 0 Å². The first-order valence-corrected chi connectivity index (χ1v) is 7.21. The van der Waals surface area contributed by atoms with Gasteiger partial charge in [-0.3, -0.25) is 0 Å². The van der Waals surface area contributed by atoms with Crippen molar-refractivity contribution in [3.63, 3.8) is 0 Å². The minimum Gasteiger partial charge on any atom is -0.355 e. The molecule has 0 spiro atoms. The summed E-state index contributed by atoms with van der Waals surface area (Å²) in [5, 5.41) is 1.16. The minimum absolute atomic E-state index is 0.613. The number of para-hydroxylation sites is 1. The van der Waals surface area contributed by atoms with Gasteiger partial charge in [0.2, 0.25) is 0 Å². The second kappa shape index (κ2) is 4.75. The maximum Gasteiger partial charge on any atom is 0.139 e. The predicted molar refractivity (Wildman–Crippen MR) is 81.6 cm³/mol. The van der Waals surface area contributed by atoms with Crippen LogP contribution in [0.5, 0.6) is 0 Å². The third-order valence-corrected chi connectivity index (χ3v) is 4.36. The van der Waals surface area contributed by atoms with Gasteiger partial charge in [0.1, 0.15) is 12.1 Å². The van der Waals surface area contributed by atoms with E-state index < -0.39 is 0 Å². The number of benzene rings is 1. The van der Waals surface area contributed by atoms with Crippen molar-refractivity contribution in [2.45, 2.75) is 6.42 Å². The molecule has 1 saturated heterocycles. The lowest BCUT2D eigenvalue weighted by Crippen LogP contribution is -2.40. The van der Waals surface area contributed by atoms with Crippen LogP contribution in [0, 0.1) is 11.8 Å². The number of piperidine rings is 1. The molecular weight excluding hydrogens is 246 g/mol. The highest BCUT2D eigenvalue weighted by Gasteiger charge is 2.28. The molecule has 20 heavy (non-hydrogen) atoms. The molecule has 2 aliphatic rings. The average molecular weight is 263 g/mol. The number of aromatic nitrogens is 2. The molecule has 1 fully saturated rings. The number of allylic oxidation sites excluding steroid dienone is 3. The number of hydrogen-bond acceptors (Lipinski definition) is 3. The fraction of sp³-hybridized carbons (Fsp3) is 0.294. The first-order valence-electron chi connectivity index (χ1n) is 7.21. The Balaban J connectivity index is 1.70. The molecule has 0 saturated carbocycles. The van der Waals surface area contributed by atoms with E-state index in [-0.39, 0.29) is 0 Å². The largest absolute Gasteiger partial charge is 0.355 e. The first-order chi connectivity index (χ1) is 9.92. The summed E-state index contributed by atoms with van der Waals surface area (Å²) in [5.41, 5.74) is 1.03. The number of anilines is 1. The molecule has 100 valence electrons. The summed E-state index contributed by atoms with van der Waals surface area (Å²) >= 11 is 0. The molecule has 0 bridgehead atoms. The topological polar surface area (TPSA) is 29.0 Å². The van der Waals surface area contributed by atoms with E-state index in [9.17, 15) is 0 Å². The number of fused-ring (bicyclic) bond motifs is 2. The van der Waals surface area contributed by atoms with Crippen LogP contribution in [0.25, 0.3) is 10.9 Å². The summed E-state index contributed by atoms with van der Waals surface area (Å²) in [5.74, 6) is 2.39. The van der Waals surface area contributed by atoms with Crippen molar-refractivity contribution in [3.05, 3.63) is 54.9 Å². The molecule has 3 nitrogen and oxygen atoms in total. The standard InChI is InChI=1S/C17H17N3/c1-2-6-14-11-20(10-9-13(14)5-1)17-15-7-3-4-8-16(15)18-12-19-17/h1-8,12-14H,9-11H2. The zero-order chi connectivity index (χ0) is 13.4. The maximum atomic E-state index is 4.54. The van der Waals surface area contributed by atoms with Gasteiger partial charge in [-0.25, -0.2) is 9.97 Å². The van der Waals surface area contributed by atoms with Crippen LogP contribution in [0.4, 0.5) is 5.82 Å². The molecule has 0 radical (unpaired) electrons. The SMILES string of the molecule is C1=CC2CCN(c3ncnc4ccccc34)CC2C=C1. The molecule has 2 heterocycles. The van der Waals surface area contributed by atoms with Crippen molar-refractivity contribution >= 4 is 16.7 Å². The third-order valence-electron chi connectivity index (χ3n) is 4.36. The van der Waals surface area contributed by atoms with E-state index in [0.29, 0.717) is 11.8 Å². The Bertz CT molecular complexity index is 684. The highest BCUT2D eigenvalue weighted by Crippen LogP contribution is 2.32. The molecule has 0 amide bonds. The zero-order valence-corrected chi connectivity index (χ0v) is 11.3. The van der Waals surface area contributed by atoms with Gasteiger partial charge in [0, 0.05) is 24.4 Å². The van der Waals surface area contributed by atoms with Crippen LogP contribution in [0.2, 0.25) is 0 Å². The van der Waals surface area contributed by atoms with E-state index in [1.54, 1.807) is 6.33 Å². The lowest BCUT2D eigenvalue weighted by Gasteiger charge is -2.38. The quantitative estimate of drug-likeness (QED) is 0.791. The van der Waals surface area contributed by atoms with Gasteiger partial charge < -0.3 is 4.90 Å². The molecule has 3 heteroatoms.